The molecule has 0 radical (unpaired) electrons. The third-order valence-corrected chi connectivity index (χ3v) is 1.67. The molecule has 0 aliphatic rings. The van der Waals surface area contributed by atoms with Gasteiger partial charge in [0.2, 0.25) is 0 Å². The van der Waals surface area contributed by atoms with E-state index in [9.17, 15) is 4.79 Å². The summed E-state index contributed by atoms with van der Waals surface area (Å²) in [4.78, 5) is 14.6. The number of aryl methyl sites for hydroxylation is 1. The van der Waals surface area contributed by atoms with Crippen LogP contribution in [0.25, 0.3) is 0 Å². The summed E-state index contributed by atoms with van der Waals surface area (Å²) in [6.45, 7) is 2.37. The van der Waals surface area contributed by atoms with Gasteiger partial charge in [-0.3, -0.25) is 4.79 Å². The molecule has 1 aromatic heterocycles. The van der Waals surface area contributed by atoms with E-state index in [1.165, 1.54) is 10.8 Å². The lowest BCUT2D eigenvalue weighted by atomic mass is 10.6. The smallest absolute Gasteiger partial charge is 0.288 e. The minimum Gasteiger partial charge on any atom is -0.310 e. The topological polar surface area (TPSA) is 34.9 Å². The summed E-state index contributed by atoms with van der Waals surface area (Å²) in [6.07, 6.45) is 1.45. The third-order valence-electron chi connectivity index (χ3n) is 1.25. The molecular weight excluding hydrogens is 187 g/mol. The lowest BCUT2D eigenvalue weighted by Crippen LogP contribution is -2.19. The van der Waals surface area contributed by atoms with E-state index < -0.39 is 0 Å². The van der Waals surface area contributed by atoms with Crippen LogP contribution in [-0.2, 0) is 6.54 Å². The largest absolute Gasteiger partial charge is 0.310 e. The number of hydrogen-bond acceptors (Lipinski definition) is 2. The average Bonchev–Trinajstić information content (AvgIpc) is 1.96. The first kappa shape index (κ1) is 8.56. The van der Waals surface area contributed by atoms with Gasteiger partial charge in [0.05, 0.1) is 0 Å². The van der Waals surface area contributed by atoms with Gasteiger partial charge in [0.25, 0.3) is 5.56 Å². The SMILES string of the molecule is CCn1cc(Cl)nc(Cl)c1=O. The summed E-state index contributed by atoms with van der Waals surface area (Å²) < 4.78 is 1.40. The van der Waals surface area contributed by atoms with Gasteiger partial charge < -0.3 is 4.57 Å². The minimum atomic E-state index is -0.307. The molecule has 0 unspecified atom stereocenters. The van der Waals surface area contributed by atoms with Crippen molar-refractivity contribution in [1.82, 2.24) is 9.55 Å². The number of halogens is 2. The number of nitrogens with zero attached hydrogens (tertiary/aromatic N) is 2. The van der Waals surface area contributed by atoms with Crippen molar-refractivity contribution in [3.8, 4) is 0 Å². The van der Waals surface area contributed by atoms with E-state index in [1.54, 1.807) is 0 Å². The molecule has 5 heteroatoms. The second-order valence-corrected chi connectivity index (χ2v) is 2.69. The second kappa shape index (κ2) is 3.24. The van der Waals surface area contributed by atoms with Crippen molar-refractivity contribution in [2.75, 3.05) is 0 Å². The fourth-order valence-electron chi connectivity index (χ4n) is 0.711. The van der Waals surface area contributed by atoms with Crippen molar-refractivity contribution in [1.29, 1.82) is 0 Å². The number of hydrogen-bond donors (Lipinski definition) is 0. The summed E-state index contributed by atoms with van der Waals surface area (Å²) in [5.74, 6) is 0. The summed E-state index contributed by atoms with van der Waals surface area (Å²) in [5, 5.41) is 0.149. The average molecular weight is 193 g/mol. The van der Waals surface area contributed by atoms with E-state index in [2.05, 4.69) is 4.98 Å². The molecule has 0 N–H and O–H groups in total. The molecule has 11 heavy (non-hydrogen) atoms. The van der Waals surface area contributed by atoms with Gasteiger partial charge in [-0.15, -0.1) is 0 Å². The van der Waals surface area contributed by atoms with E-state index >= 15 is 0 Å². The van der Waals surface area contributed by atoms with E-state index in [4.69, 9.17) is 23.2 Å². The molecular formula is C6H6Cl2N2O. The summed E-state index contributed by atoms with van der Waals surface area (Å²) in [7, 11) is 0. The molecule has 1 aromatic rings. The van der Waals surface area contributed by atoms with Crippen molar-refractivity contribution in [2.24, 2.45) is 0 Å². The van der Waals surface area contributed by atoms with Crippen LogP contribution in [0.15, 0.2) is 11.0 Å². The highest BCUT2D eigenvalue weighted by atomic mass is 35.5. The van der Waals surface area contributed by atoms with Crippen LogP contribution < -0.4 is 5.56 Å². The molecule has 1 rings (SSSR count). The fourth-order valence-corrected chi connectivity index (χ4v) is 1.16. The molecule has 0 atom stereocenters. The Hall–Kier alpha value is -0.540. The van der Waals surface area contributed by atoms with Gasteiger partial charge in [0.15, 0.2) is 5.15 Å². The predicted octanol–water partition coefficient (Wildman–Crippen LogP) is 1.57. The Morgan fingerprint density at radius 3 is 2.82 bits per heavy atom. The van der Waals surface area contributed by atoms with Crippen LogP contribution in [0.5, 0.6) is 0 Å². The van der Waals surface area contributed by atoms with Gasteiger partial charge in [-0.05, 0) is 6.92 Å². The molecule has 3 nitrogen and oxygen atoms in total. The predicted molar refractivity (Wildman–Crippen MR) is 44.2 cm³/mol. The van der Waals surface area contributed by atoms with Gasteiger partial charge in [0, 0.05) is 12.7 Å². The highest BCUT2D eigenvalue weighted by Gasteiger charge is 2.02. The molecule has 0 fully saturated rings. The van der Waals surface area contributed by atoms with Crippen LogP contribution >= 0.6 is 23.2 Å². The maximum atomic E-state index is 11.1. The number of aromatic nitrogens is 2. The molecule has 0 bridgehead atoms. The first-order valence-electron chi connectivity index (χ1n) is 3.07. The zero-order chi connectivity index (χ0) is 8.43. The van der Waals surface area contributed by atoms with Gasteiger partial charge in [-0.2, -0.15) is 0 Å². The van der Waals surface area contributed by atoms with Gasteiger partial charge in [0.1, 0.15) is 5.15 Å². The van der Waals surface area contributed by atoms with Gasteiger partial charge in [-0.1, -0.05) is 23.2 Å². The third kappa shape index (κ3) is 1.73. The summed E-state index contributed by atoms with van der Waals surface area (Å²) in [5.41, 5.74) is -0.307. The Morgan fingerprint density at radius 1 is 1.64 bits per heavy atom. The Balaban J connectivity index is 3.37. The quantitative estimate of drug-likeness (QED) is 0.678. The molecule has 0 aliphatic heterocycles. The Kier molecular flexibility index (Phi) is 2.52. The zero-order valence-electron chi connectivity index (χ0n) is 5.84. The van der Waals surface area contributed by atoms with Gasteiger partial charge in [-0.25, -0.2) is 4.98 Å². The number of rotatable bonds is 1. The van der Waals surface area contributed by atoms with Crippen molar-refractivity contribution >= 4 is 23.2 Å². The molecule has 0 amide bonds. The molecule has 60 valence electrons. The Bertz CT molecular complexity index is 321. The monoisotopic (exact) mass is 192 g/mol. The molecule has 0 aliphatic carbocycles. The molecule has 0 saturated carbocycles. The first-order chi connectivity index (χ1) is 5.15. The fraction of sp³-hybridized carbons (Fsp3) is 0.333. The van der Waals surface area contributed by atoms with Crippen LogP contribution in [0, 0.1) is 0 Å². The van der Waals surface area contributed by atoms with Crippen LogP contribution in [0.4, 0.5) is 0 Å². The lowest BCUT2D eigenvalue weighted by Gasteiger charge is -2.00. The highest BCUT2D eigenvalue weighted by molar-refractivity contribution is 6.32. The molecule has 0 aromatic carbocycles. The zero-order valence-corrected chi connectivity index (χ0v) is 7.35. The Labute approximate surface area is 73.6 Å². The minimum absolute atomic E-state index is 0.0839. The van der Waals surface area contributed by atoms with Crippen LogP contribution in [-0.4, -0.2) is 9.55 Å². The second-order valence-electron chi connectivity index (χ2n) is 1.95. The van der Waals surface area contributed by atoms with Crippen LogP contribution in [0.1, 0.15) is 6.92 Å². The van der Waals surface area contributed by atoms with Crippen LogP contribution in [0.2, 0.25) is 10.3 Å². The lowest BCUT2D eigenvalue weighted by molar-refractivity contribution is 0.718. The van der Waals surface area contributed by atoms with Crippen molar-refractivity contribution in [3.63, 3.8) is 0 Å². The van der Waals surface area contributed by atoms with Crippen LogP contribution in [0.3, 0.4) is 0 Å². The van der Waals surface area contributed by atoms with E-state index in [0.29, 0.717) is 6.54 Å². The van der Waals surface area contributed by atoms with E-state index in [-0.39, 0.29) is 15.9 Å². The Morgan fingerprint density at radius 2 is 2.27 bits per heavy atom. The van der Waals surface area contributed by atoms with Crippen molar-refractivity contribution < 1.29 is 0 Å². The normalized spacial score (nSPS) is 10.1. The molecule has 0 spiro atoms. The first-order valence-corrected chi connectivity index (χ1v) is 3.83. The maximum Gasteiger partial charge on any atom is 0.288 e. The van der Waals surface area contributed by atoms with Crippen molar-refractivity contribution in [2.45, 2.75) is 13.5 Å². The molecule has 0 saturated heterocycles. The maximum absolute atomic E-state index is 11.1. The molecule has 1 heterocycles. The van der Waals surface area contributed by atoms with Gasteiger partial charge >= 0.3 is 0 Å². The van der Waals surface area contributed by atoms with Crippen molar-refractivity contribution in [3.05, 3.63) is 26.9 Å². The van der Waals surface area contributed by atoms with E-state index in [0.717, 1.165) is 0 Å². The highest BCUT2D eigenvalue weighted by Crippen LogP contribution is 2.04. The summed E-state index contributed by atoms with van der Waals surface area (Å²) in [6, 6.07) is 0. The standard InChI is InChI=1S/C6H6Cl2N2O/c1-2-10-3-4(7)9-5(8)6(10)11/h3H,2H2,1H3. The van der Waals surface area contributed by atoms with E-state index in [1.807, 2.05) is 6.92 Å². The summed E-state index contributed by atoms with van der Waals surface area (Å²) >= 11 is 11.0.